The number of anilines is 1. The maximum Gasteiger partial charge on any atom is 0.321 e. The Morgan fingerprint density at radius 1 is 1.18 bits per heavy atom. The summed E-state index contributed by atoms with van der Waals surface area (Å²) in [6.45, 7) is 1.26. The number of fused-ring (bicyclic) bond motifs is 1. The van der Waals surface area contributed by atoms with Crippen molar-refractivity contribution in [3.05, 3.63) is 60.3 Å². The van der Waals surface area contributed by atoms with Crippen LogP contribution in [0.2, 0.25) is 0 Å². The summed E-state index contributed by atoms with van der Waals surface area (Å²) >= 11 is 0. The molecule has 2 saturated heterocycles. The maximum atomic E-state index is 13.6. The van der Waals surface area contributed by atoms with E-state index in [1.54, 1.807) is 11.1 Å². The highest BCUT2D eigenvalue weighted by atomic mass is 19.3. The third kappa shape index (κ3) is 4.16. The molecule has 1 aromatic heterocycles. The van der Waals surface area contributed by atoms with Gasteiger partial charge >= 0.3 is 5.92 Å². The van der Waals surface area contributed by atoms with E-state index in [1.807, 2.05) is 53.2 Å². The van der Waals surface area contributed by atoms with Gasteiger partial charge in [-0.25, -0.2) is 4.68 Å². The van der Waals surface area contributed by atoms with E-state index in [4.69, 9.17) is 4.74 Å². The van der Waals surface area contributed by atoms with E-state index >= 15 is 0 Å². The largest absolute Gasteiger partial charge is 0.356 e. The number of benzene rings is 2. The Morgan fingerprint density at radius 3 is 2.68 bits per heavy atom. The van der Waals surface area contributed by atoms with Crippen LogP contribution in [0.15, 0.2) is 54.7 Å². The van der Waals surface area contributed by atoms with Crippen LogP contribution in [0.4, 0.5) is 14.5 Å². The summed E-state index contributed by atoms with van der Waals surface area (Å²) in [5.74, 6) is -5.18. The number of rotatable bonds is 5. The molecule has 1 N–H and O–H groups in total. The molecule has 0 aliphatic carbocycles. The molecule has 0 spiro atoms. The lowest BCUT2D eigenvalue weighted by Gasteiger charge is -2.30. The van der Waals surface area contributed by atoms with Crippen LogP contribution >= 0.6 is 0 Å². The molecule has 5 rings (SSSR count). The highest BCUT2D eigenvalue weighted by Gasteiger charge is 2.45. The quantitative estimate of drug-likeness (QED) is 0.604. The fraction of sp³-hybridized carbons (Fsp3) is 0.400. The van der Waals surface area contributed by atoms with Crippen LogP contribution in [0.5, 0.6) is 0 Å². The smallest absolute Gasteiger partial charge is 0.321 e. The van der Waals surface area contributed by atoms with E-state index in [0.717, 1.165) is 35.7 Å². The molecular formula is C25H26F2N4O3. The first-order chi connectivity index (χ1) is 16.3. The number of amides is 2. The van der Waals surface area contributed by atoms with Crippen LogP contribution in [-0.4, -0.2) is 40.2 Å². The van der Waals surface area contributed by atoms with Gasteiger partial charge in [0, 0.05) is 31.0 Å². The number of nitrogens with zero attached hydrogens (tertiary/aromatic N) is 3. The number of halogens is 2. The number of carbonyl (C=O) groups is 2. The van der Waals surface area contributed by atoms with Crippen molar-refractivity contribution < 1.29 is 23.1 Å². The molecule has 178 valence electrons. The van der Waals surface area contributed by atoms with Crippen molar-refractivity contribution in [2.45, 2.75) is 56.8 Å². The van der Waals surface area contributed by atoms with Crippen LogP contribution in [-0.2, 0) is 14.3 Å². The Morgan fingerprint density at radius 2 is 1.97 bits per heavy atom. The molecular weight excluding hydrogens is 442 g/mol. The number of hydrogen-bond acceptors (Lipinski definition) is 4. The number of nitrogens with one attached hydrogen (secondary N) is 1. The van der Waals surface area contributed by atoms with Crippen LogP contribution in [0.25, 0.3) is 10.9 Å². The minimum absolute atomic E-state index is 0.0748. The van der Waals surface area contributed by atoms with E-state index < -0.39 is 23.9 Å². The van der Waals surface area contributed by atoms with Crippen molar-refractivity contribution in [1.29, 1.82) is 0 Å². The zero-order chi connectivity index (χ0) is 23.9. The summed E-state index contributed by atoms with van der Waals surface area (Å²) in [7, 11) is 0. The third-order valence-electron chi connectivity index (χ3n) is 6.46. The first-order valence-electron chi connectivity index (χ1n) is 11.5. The Balaban J connectivity index is 1.50. The summed E-state index contributed by atoms with van der Waals surface area (Å²) in [5.41, 5.74) is 2.27. The van der Waals surface area contributed by atoms with Gasteiger partial charge in [-0.1, -0.05) is 30.3 Å². The SMILES string of the molecule is CC(F)(F)C(=O)N[C@H]1CC(=O)N(c2ccc3c(cnn3C3CCCCO3)c2)C1c1ccccc1. The van der Waals surface area contributed by atoms with Gasteiger partial charge < -0.3 is 15.0 Å². The van der Waals surface area contributed by atoms with Crippen molar-refractivity contribution in [1.82, 2.24) is 15.1 Å². The molecule has 2 aromatic carbocycles. The van der Waals surface area contributed by atoms with Gasteiger partial charge in [-0.05, 0) is 43.0 Å². The molecule has 34 heavy (non-hydrogen) atoms. The highest BCUT2D eigenvalue weighted by Crippen LogP contribution is 2.39. The molecule has 3 heterocycles. The molecule has 0 saturated carbocycles. The molecule has 9 heteroatoms. The summed E-state index contributed by atoms with van der Waals surface area (Å²) in [4.78, 5) is 26.8. The van der Waals surface area contributed by atoms with Crippen LogP contribution in [0.1, 0.15) is 50.4 Å². The predicted molar refractivity (Wildman–Crippen MR) is 122 cm³/mol. The summed E-state index contributed by atoms with van der Waals surface area (Å²) in [6.07, 6.45) is 4.57. The van der Waals surface area contributed by atoms with Gasteiger partial charge in [-0.3, -0.25) is 9.59 Å². The van der Waals surface area contributed by atoms with E-state index in [2.05, 4.69) is 10.4 Å². The number of ether oxygens (including phenoxy) is 1. The minimum atomic E-state index is -3.54. The van der Waals surface area contributed by atoms with E-state index in [1.165, 1.54) is 0 Å². The van der Waals surface area contributed by atoms with Gasteiger partial charge in [-0.2, -0.15) is 13.9 Å². The number of hydrogen-bond donors (Lipinski definition) is 1. The molecule has 2 aliphatic rings. The predicted octanol–water partition coefficient (Wildman–Crippen LogP) is 4.35. The second-order valence-electron chi connectivity index (χ2n) is 8.95. The maximum absolute atomic E-state index is 13.6. The molecule has 3 atom stereocenters. The van der Waals surface area contributed by atoms with E-state index in [9.17, 15) is 18.4 Å². The van der Waals surface area contributed by atoms with E-state index in [-0.39, 0.29) is 18.6 Å². The molecule has 2 fully saturated rings. The topological polar surface area (TPSA) is 76.5 Å². The van der Waals surface area contributed by atoms with Crippen LogP contribution in [0, 0.1) is 0 Å². The van der Waals surface area contributed by atoms with Gasteiger partial charge in [0.05, 0.1) is 23.8 Å². The lowest BCUT2D eigenvalue weighted by Crippen LogP contribution is -2.46. The lowest BCUT2D eigenvalue weighted by molar-refractivity contribution is -0.143. The zero-order valence-electron chi connectivity index (χ0n) is 18.8. The van der Waals surface area contributed by atoms with Crippen LogP contribution in [0.3, 0.4) is 0 Å². The fourth-order valence-electron chi connectivity index (χ4n) is 4.83. The minimum Gasteiger partial charge on any atom is -0.356 e. The average Bonchev–Trinajstić information content (AvgIpc) is 3.39. The second-order valence-corrected chi connectivity index (χ2v) is 8.95. The standard InChI is InChI=1S/C25H26F2N4O3/c1-25(26,27)24(33)29-19-14-21(32)30(23(19)16-7-3-2-4-8-16)18-10-11-20-17(13-18)15-28-31(20)22-9-5-6-12-34-22/h2-4,7-8,10-11,13,15,19,22-23H,5-6,9,12,14H2,1H3,(H,29,33)/t19-,22?,23?/m0/s1. The number of carbonyl (C=O) groups excluding carboxylic acids is 2. The molecule has 2 aliphatic heterocycles. The summed E-state index contributed by atoms with van der Waals surface area (Å²) in [6, 6.07) is 13.3. The van der Waals surface area contributed by atoms with Gasteiger partial charge in [0.2, 0.25) is 5.91 Å². The molecule has 3 aromatic rings. The van der Waals surface area contributed by atoms with Crippen molar-refractivity contribution in [3.8, 4) is 0 Å². The van der Waals surface area contributed by atoms with Gasteiger partial charge in [0.25, 0.3) is 5.91 Å². The third-order valence-corrected chi connectivity index (χ3v) is 6.46. The normalized spacial score (nSPS) is 23.4. The first-order valence-corrected chi connectivity index (χ1v) is 11.5. The highest BCUT2D eigenvalue weighted by molar-refractivity contribution is 6.00. The molecule has 7 nitrogen and oxygen atoms in total. The Bertz CT molecular complexity index is 1200. The average molecular weight is 469 g/mol. The Hall–Kier alpha value is -3.33. The fourth-order valence-corrected chi connectivity index (χ4v) is 4.83. The summed E-state index contributed by atoms with van der Waals surface area (Å²) < 4.78 is 35.0. The van der Waals surface area contributed by atoms with Crippen LogP contribution < -0.4 is 10.2 Å². The molecule has 2 unspecified atom stereocenters. The Labute approximate surface area is 195 Å². The lowest BCUT2D eigenvalue weighted by atomic mass is 9.99. The van der Waals surface area contributed by atoms with Crippen molar-refractivity contribution in [2.75, 3.05) is 11.5 Å². The second kappa shape index (κ2) is 8.79. The van der Waals surface area contributed by atoms with E-state index in [0.29, 0.717) is 19.2 Å². The molecule has 0 radical (unpaired) electrons. The van der Waals surface area contributed by atoms with Crippen molar-refractivity contribution in [3.63, 3.8) is 0 Å². The van der Waals surface area contributed by atoms with Crippen molar-refractivity contribution >= 4 is 28.4 Å². The number of aromatic nitrogens is 2. The van der Waals surface area contributed by atoms with Gasteiger partial charge in [0.1, 0.15) is 0 Å². The molecule has 2 amide bonds. The molecule has 0 bridgehead atoms. The zero-order valence-corrected chi connectivity index (χ0v) is 18.8. The van der Waals surface area contributed by atoms with Gasteiger partial charge in [-0.15, -0.1) is 0 Å². The summed E-state index contributed by atoms with van der Waals surface area (Å²) in [5, 5.41) is 7.76. The number of alkyl halides is 2. The van der Waals surface area contributed by atoms with Gasteiger partial charge in [0.15, 0.2) is 6.23 Å². The Kier molecular flexibility index (Phi) is 5.81. The van der Waals surface area contributed by atoms with Crippen molar-refractivity contribution in [2.24, 2.45) is 0 Å². The first kappa shape index (κ1) is 22.5. The monoisotopic (exact) mass is 468 g/mol.